The second-order valence-electron chi connectivity index (χ2n) is 4.52. The van der Waals surface area contributed by atoms with Gasteiger partial charge in [-0.25, -0.2) is 9.48 Å². The van der Waals surface area contributed by atoms with Crippen LogP contribution in [0, 0.1) is 0 Å². The van der Waals surface area contributed by atoms with Crippen molar-refractivity contribution in [3.63, 3.8) is 0 Å². The van der Waals surface area contributed by atoms with E-state index in [1.165, 1.54) is 28.8 Å². The summed E-state index contributed by atoms with van der Waals surface area (Å²) >= 11 is 0. The summed E-state index contributed by atoms with van der Waals surface area (Å²) < 4.78 is 41.1. The van der Waals surface area contributed by atoms with Crippen LogP contribution < -0.4 is 5.69 Å². The number of pyridine rings is 1. The first-order valence-corrected chi connectivity index (χ1v) is 6.16. The summed E-state index contributed by atoms with van der Waals surface area (Å²) in [6.07, 6.45) is -2.93. The van der Waals surface area contributed by atoms with Crippen molar-refractivity contribution in [3.8, 4) is 0 Å². The summed E-state index contributed by atoms with van der Waals surface area (Å²) in [5, 5.41) is 4.03. The van der Waals surface area contributed by atoms with Gasteiger partial charge in [-0.3, -0.25) is 4.40 Å². The summed E-state index contributed by atoms with van der Waals surface area (Å²) in [6.45, 7) is -0.226. The lowest BCUT2D eigenvalue weighted by Crippen LogP contribution is -2.23. The summed E-state index contributed by atoms with van der Waals surface area (Å²) in [5.74, 6) is 0. The Balaban J connectivity index is 2.08. The maximum absolute atomic E-state index is 12.9. The summed E-state index contributed by atoms with van der Waals surface area (Å²) in [5.41, 5.74) is -0.820. The fraction of sp³-hybridized carbons (Fsp3) is 0.143. The Bertz CT molecular complexity index is 848. The number of alkyl halides is 3. The molecular weight excluding hydrogens is 283 g/mol. The van der Waals surface area contributed by atoms with Crippen LogP contribution in [0.3, 0.4) is 0 Å². The number of nitrogens with zero attached hydrogens (tertiary/aromatic N) is 3. The molecule has 0 atom stereocenters. The second-order valence-corrected chi connectivity index (χ2v) is 4.52. The number of benzene rings is 1. The molecule has 4 nitrogen and oxygen atoms in total. The number of rotatable bonds is 2. The fourth-order valence-corrected chi connectivity index (χ4v) is 2.17. The molecule has 0 bridgehead atoms. The van der Waals surface area contributed by atoms with Crippen LogP contribution in [-0.4, -0.2) is 14.2 Å². The number of hydrogen-bond donors (Lipinski definition) is 0. The quantitative estimate of drug-likeness (QED) is 0.728. The average Bonchev–Trinajstić information content (AvgIpc) is 2.76. The highest BCUT2D eigenvalue weighted by Gasteiger charge is 2.33. The average molecular weight is 293 g/mol. The van der Waals surface area contributed by atoms with Gasteiger partial charge in [0.25, 0.3) is 0 Å². The van der Waals surface area contributed by atoms with E-state index in [1.54, 1.807) is 18.2 Å². The van der Waals surface area contributed by atoms with E-state index in [-0.39, 0.29) is 12.1 Å². The molecule has 2 heterocycles. The van der Waals surface area contributed by atoms with Crippen LogP contribution in [0.15, 0.2) is 53.5 Å². The molecular formula is C14H10F3N3O. The lowest BCUT2D eigenvalue weighted by molar-refractivity contribution is -0.138. The first-order valence-electron chi connectivity index (χ1n) is 6.16. The minimum atomic E-state index is -4.46. The third-order valence-electron chi connectivity index (χ3n) is 3.13. The van der Waals surface area contributed by atoms with E-state index in [4.69, 9.17) is 0 Å². The van der Waals surface area contributed by atoms with Crippen molar-refractivity contribution < 1.29 is 13.2 Å². The van der Waals surface area contributed by atoms with Crippen molar-refractivity contribution in [3.05, 3.63) is 70.3 Å². The zero-order valence-corrected chi connectivity index (χ0v) is 10.7. The first kappa shape index (κ1) is 13.4. The maximum atomic E-state index is 12.9. The normalized spacial score (nSPS) is 12.0. The molecule has 21 heavy (non-hydrogen) atoms. The zero-order valence-electron chi connectivity index (χ0n) is 10.7. The van der Waals surface area contributed by atoms with Crippen LogP contribution in [0.1, 0.15) is 11.1 Å². The van der Waals surface area contributed by atoms with Crippen molar-refractivity contribution in [2.45, 2.75) is 12.7 Å². The minimum Gasteiger partial charge on any atom is -0.250 e. The molecule has 108 valence electrons. The van der Waals surface area contributed by atoms with Crippen molar-refractivity contribution >= 4 is 5.65 Å². The van der Waals surface area contributed by atoms with Gasteiger partial charge < -0.3 is 0 Å². The Hall–Kier alpha value is -2.57. The van der Waals surface area contributed by atoms with E-state index in [0.29, 0.717) is 5.65 Å². The third kappa shape index (κ3) is 2.42. The van der Waals surface area contributed by atoms with Crippen molar-refractivity contribution in [2.75, 3.05) is 0 Å². The molecule has 0 N–H and O–H groups in total. The van der Waals surface area contributed by atoms with Crippen molar-refractivity contribution in [1.29, 1.82) is 0 Å². The Labute approximate surface area is 117 Å². The van der Waals surface area contributed by atoms with Gasteiger partial charge in [-0.1, -0.05) is 24.3 Å². The molecule has 3 aromatic rings. The van der Waals surface area contributed by atoms with Crippen LogP contribution in [0.4, 0.5) is 13.2 Å². The Morgan fingerprint density at radius 1 is 1.05 bits per heavy atom. The van der Waals surface area contributed by atoms with Gasteiger partial charge in [0.05, 0.1) is 12.1 Å². The van der Waals surface area contributed by atoms with Crippen molar-refractivity contribution in [1.82, 2.24) is 14.2 Å². The fourth-order valence-electron chi connectivity index (χ4n) is 2.17. The van der Waals surface area contributed by atoms with Gasteiger partial charge in [0.2, 0.25) is 0 Å². The highest BCUT2D eigenvalue weighted by molar-refractivity contribution is 5.36. The monoisotopic (exact) mass is 293 g/mol. The van der Waals surface area contributed by atoms with E-state index in [1.807, 2.05) is 0 Å². The molecule has 0 aliphatic carbocycles. The number of halogens is 3. The summed E-state index contributed by atoms with van der Waals surface area (Å²) in [6, 6.07) is 10.1. The molecule has 0 saturated heterocycles. The summed E-state index contributed by atoms with van der Waals surface area (Å²) in [4.78, 5) is 12.1. The molecule has 0 fully saturated rings. The molecule has 0 amide bonds. The third-order valence-corrected chi connectivity index (χ3v) is 3.13. The highest BCUT2D eigenvalue weighted by atomic mass is 19.4. The number of aromatic nitrogens is 3. The Morgan fingerprint density at radius 2 is 1.76 bits per heavy atom. The van der Waals surface area contributed by atoms with Gasteiger partial charge in [0.1, 0.15) is 0 Å². The molecule has 0 unspecified atom stereocenters. The molecule has 0 radical (unpaired) electrons. The summed E-state index contributed by atoms with van der Waals surface area (Å²) in [7, 11) is 0. The first-order chi connectivity index (χ1) is 9.97. The van der Waals surface area contributed by atoms with E-state index in [0.717, 1.165) is 10.7 Å². The molecule has 0 aliphatic rings. The largest absolute Gasteiger partial charge is 0.416 e. The standard InChI is InChI=1S/C14H10F3N3O/c15-14(16,17)11-6-2-1-5-10(11)9-20-13(21)19-8-4-3-7-12(19)18-20/h1-8H,9H2. The van der Waals surface area contributed by atoms with Crippen molar-refractivity contribution in [2.24, 2.45) is 0 Å². The number of hydrogen-bond acceptors (Lipinski definition) is 2. The SMILES string of the molecule is O=c1n(Cc2ccccc2C(F)(F)F)nc2ccccn12. The molecule has 0 aliphatic heterocycles. The lowest BCUT2D eigenvalue weighted by atomic mass is 10.1. The molecule has 0 saturated carbocycles. The van der Waals surface area contributed by atoms with Gasteiger partial charge in [0.15, 0.2) is 5.65 Å². The topological polar surface area (TPSA) is 39.3 Å². The second kappa shape index (κ2) is 4.76. The van der Waals surface area contributed by atoms with Crippen LogP contribution in [0.5, 0.6) is 0 Å². The van der Waals surface area contributed by atoms with Crippen LogP contribution in [0.2, 0.25) is 0 Å². The minimum absolute atomic E-state index is 0.00973. The Morgan fingerprint density at radius 3 is 2.48 bits per heavy atom. The molecule has 3 rings (SSSR count). The van der Waals surface area contributed by atoms with Gasteiger partial charge >= 0.3 is 11.9 Å². The number of fused-ring (bicyclic) bond motifs is 1. The van der Waals surface area contributed by atoms with Crippen LogP contribution >= 0.6 is 0 Å². The van der Waals surface area contributed by atoms with Gasteiger partial charge in [-0.05, 0) is 23.8 Å². The predicted molar refractivity (Wildman–Crippen MR) is 70.0 cm³/mol. The lowest BCUT2D eigenvalue weighted by Gasteiger charge is -2.11. The molecule has 7 heteroatoms. The maximum Gasteiger partial charge on any atom is 0.416 e. The molecule has 0 spiro atoms. The molecule has 1 aromatic carbocycles. The predicted octanol–water partition coefficient (Wildman–Crippen LogP) is 2.56. The van der Waals surface area contributed by atoms with Crippen LogP contribution in [0.25, 0.3) is 5.65 Å². The zero-order chi connectivity index (χ0) is 15.0. The van der Waals surface area contributed by atoms with Gasteiger partial charge in [0, 0.05) is 6.20 Å². The van der Waals surface area contributed by atoms with Gasteiger partial charge in [-0.15, -0.1) is 5.10 Å². The Kier molecular flexibility index (Phi) is 3.04. The van der Waals surface area contributed by atoms with E-state index in [2.05, 4.69) is 5.10 Å². The van der Waals surface area contributed by atoms with E-state index >= 15 is 0 Å². The highest BCUT2D eigenvalue weighted by Crippen LogP contribution is 2.31. The smallest absolute Gasteiger partial charge is 0.250 e. The van der Waals surface area contributed by atoms with Crippen LogP contribution in [-0.2, 0) is 12.7 Å². The van der Waals surface area contributed by atoms with E-state index < -0.39 is 17.4 Å². The van der Waals surface area contributed by atoms with E-state index in [9.17, 15) is 18.0 Å². The van der Waals surface area contributed by atoms with Gasteiger partial charge in [-0.2, -0.15) is 13.2 Å². The molecule has 2 aromatic heterocycles.